The molecule has 1 atom stereocenters. The van der Waals surface area contributed by atoms with E-state index in [0.29, 0.717) is 6.42 Å². The number of rotatable bonds is 7. The zero-order chi connectivity index (χ0) is 19.2. The van der Waals surface area contributed by atoms with Crippen molar-refractivity contribution in [3.8, 4) is 0 Å². The van der Waals surface area contributed by atoms with Crippen LogP contribution >= 0.6 is 0 Å². The first-order valence-electron chi connectivity index (χ1n) is 8.79. The summed E-state index contributed by atoms with van der Waals surface area (Å²) in [5.41, 5.74) is 3.15. The van der Waals surface area contributed by atoms with Crippen molar-refractivity contribution in [2.45, 2.75) is 60.3 Å². The molecule has 3 N–H and O–H groups in total. The van der Waals surface area contributed by atoms with E-state index in [1.165, 1.54) is 12.0 Å². The van der Waals surface area contributed by atoms with Crippen molar-refractivity contribution in [2.75, 3.05) is 6.54 Å². The van der Waals surface area contributed by atoms with Gasteiger partial charge in [0.1, 0.15) is 0 Å². The second kappa shape index (κ2) is 14.2. The Balaban J connectivity index is 0. The van der Waals surface area contributed by atoms with Gasteiger partial charge < -0.3 is 0 Å². The number of hydrogen-bond acceptors (Lipinski definition) is 2. The average Bonchev–Trinajstić information content (AvgIpc) is 2.56. The summed E-state index contributed by atoms with van der Waals surface area (Å²) in [5.74, 6) is 0.759. The molecule has 0 heterocycles. The minimum atomic E-state index is -3.62. The Kier molecular flexibility index (Phi) is 14.8. The molecule has 0 saturated heterocycles. The summed E-state index contributed by atoms with van der Waals surface area (Å²) < 4.78 is 23.6. The Morgan fingerprint density at radius 1 is 1.29 bits per heavy atom. The lowest BCUT2D eigenvalue weighted by molar-refractivity contribution is 0.517. The largest absolute Gasteiger partial charge is 0.274 e. The molecule has 1 aliphatic carbocycles. The third kappa shape index (κ3) is 13.3. The van der Waals surface area contributed by atoms with E-state index in [0.717, 1.165) is 29.9 Å². The van der Waals surface area contributed by atoms with Gasteiger partial charge in [0, 0.05) is 6.54 Å². The zero-order valence-corrected chi connectivity index (χ0v) is 16.9. The molecule has 0 aromatic rings. The Bertz CT molecular complexity index is 532. The summed E-state index contributed by atoms with van der Waals surface area (Å²) in [7, 11) is -3.62. The second-order valence-corrected chi connectivity index (χ2v) is 6.69. The van der Waals surface area contributed by atoms with Gasteiger partial charge in [0.2, 0.25) is 0 Å². The molecule has 5 heteroatoms. The van der Waals surface area contributed by atoms with E-state index in [-0.39, 0.29) is 6.54 Å². The molecule has 0 aromatic heterocycles. The van der Waals surface area contributed by atoms with Crippen LogP contribution in [0.5, 0.6) is 0 Å². The minimum Gasteiger partial charge on any atom is -0.216 e. The third-order valence-corrected chi connectivity index (χ3v) is 3.96. The smallest absolute Gasteiger partial charge is 0.216 e. The molecule has 0 fully saturated rings. The van der Waals surface area contributed by atoms with E-state index in [1.807, 2.05) is 39.8 Å². The van der Waals surface area contributed by atoms with E-state index >= 15 is 0 Å². The van der Waals surface area contributed by atoms with Crippen LogP contribution in [0.2, 0.25) is 0 Å². The van der Waals surface area contributed by atoms with Gasteiger partial charge in [-0.3, -0.25) is 0 Å². The lowest BCUT2D eigenvalue weighted by Crippen LogP contribution is -2.31. The fourth-order valence-corrected chi connectivity index (χ4v) is 2.41. The fraction of sp³-hybridized carbons (Fsp3) is 0.579. The number of allylic oxidation sites excluding steroid dienone is 5. The molecule has 0 bridgehead atoms. The van der Waals surface area contributed by atoms with Gasteiger partial charge in [-0.2, -0.15) is 8.42 Å². The summed E-state index contributed by atoms with van der Waals surface area (Å²) in [6, 6.07) is 0. The number of hydrogen-bond donors (Lipinski definition) is 2. The molecule has 4 nitrogen and oxygen atoms in total. The zero-order valence-electron chi connectivity index (χ0n) is 16.1. The van der Waals surface area contributed by atoms with Crippen LogP contribution in [0.4, 0.5) is 0 Å². The standard InChI is InChI=1S/C15H24N2O2S.2C2H6/c1-12-5-8-15(9-6-12)14(3)7-4-13(2)10-11-17-20(16,18)19;2*1-2/h4,7-8,12,17H,2-3,5-6,9-11H2,1H3,(H2,16,18,19);2*1-2H3/b7-4-;;. The summed E-state index contributed by atoms with van der Waals surface area (Å²) >= 11 is 0. The van der Waals surface area contributed by atoms with Gasteiger partial charge in [0.05, 0.1) is 0 Å². The maximum Gasteiger partial charge on any atom is 0.274 e. The van der Waals surface area contributed by atoms with Crippen LogP contribution in [0.3, 0.4) is 0 Å². The van der Waals surface area contributed by atoms with Crippen molar-refractivity contribution in [3.63, 3.8) is 0 Å². The molecule has 140 valence electrons. The molecule has 1 rings (SSSR count). The van der Waals surface area contributed by atoms with Crippen molar-refractivity contribution in [1.29, 1.82) is 0 Å². The second-order valence-electron chi connectivity index (χ2n) is 5.32. The normalized spacial score (nSPS) is 17.1. The highest BCUT2D eigenvalue weighted by atomic mass is 32.2. The van der Waals surface area contributed by atoms with E-state index in [2.05, 4.69) is 30.9 Å². The van der Waals surface area contributed by atoms with E-state index in [4.69, 9.17) is 5.14 Å². The lowest BCUT2D eigenvalue weighted by Gasteiger charge is -2.18. The first-order valence-corrected chi connectivity index (χ1v) is 10.3. The molecular weight excluding hydrogens is 320 g/mol. The van der Waals surface area contributed by atoms with Gasteiger partial charge >= 0.3 is 0 Å². The summed E-state index contributed by atoms with van der Waals surface area (Å²) in [6.45, 7) is 18.5. The Hall–Kier alpha value is -1.17. The molecule has 0 aliphatic heterocycles. The number of nitrogens with one attached hydrogen (secondary N) is 1. The Morgan fingerprint density at radius 2 is 1.88 bits per heavy atom. The van der Waals surface area contributed by atoms with Crippen molar-refractivity contribution in [3.05, 3.63) is 48.1 Å². The van der Waals surface area contributed by atoms with Crippen LogP contribution in [0.1, 0.15) is 60.3 Å². The van der Waals surface area contributed by atoms with Gasteiger partial charge in [-0.15, -0.1) is 0 Å². The van der Waals surface area contributed by atoms with Crippen LogP contribution in [0.25, 0.3) is 0 Å². The van der Waals surface area contributed by atoms with Crippen molar-refractivity contribution >= 4 is 10.2 Å². The monoisotopic (exact) mass is 356 g/mol. The topological polar surface area (TPSA) is 72.2 Å². The van der Waals surface area contributed by atoms with Gasteiger partial charge in [-0.1, -0.05) is 71.6 Å². The number of nitrogens with two attached hydrogens (primary N) is 1. The third-order valence-electron chi connectivity index (χ3n) is 3.36. The first-order chi connectivity index (χ1) is 11.3. The predicted octanol–water partition coefficient (Wildman–Crippen LogP) is 4.64. The maximum atomic E-state index is 10.7. The highest BCUT2D eigenvalue weighted by Gasteiger charge is 2.10. The lowest BCUT2D eigenvalue weighted by atomic mass is 9.88. The SMILES string of the molecule is C=C(/C=C\C(=C)C1=CCC(C)CC1)CCNS(N)(=O)=O.CC.CC. The fourth-order valence-electron chi connectivity index (χ4n) is 2.02. The minimum absolute atomic E-state index is 0.259. The molecule has 1 aliphatic rings. The Morgan fingerprint density at radius 3 is 2.33 bits per heavy atom. The maximum absolute atomic E-state index is 10.7. The summed E-state index contributed by atoms with van der Waals surface area (Å²) in [4.78, 5) is 0. The van der Waals surface area contributed by atoms with Crippen LogP contribution in [-0.4, -0.2) is 15.0 Å². The van der Waals surface area contributed by atoms with Crippen molar-refractivity contribution in [2.24, 2.45) is 11.1 Å². The molecule has 0 saturated carbocycles. The summed E-state index contributed by atoms with van der Waals surface area (Å²) in [6.07, 6.45) is 10.00. The van der Waals surface area contributed by atoms with Crippen molar-refractivity contribution < 1.29 is 8.42 Å². The highest BCUT2D eigenvalue weighted by molar-refractivity contribution is 7.87. The van der Waals surface area contributed by atoms with Gasteiger partial charge in [-0.05, 0) is 42.7 Å². The van der Waals surface area contributed by atoms with Crippen molar-refractivity contribution in [1.82, 2.24) is 4.72 Å². The molecule has 0 spiro atoms. The molecule has 0 amide bonds. The van der Waals surface area contributed by atoms with Crippen LogP contribution in [-0.2, 0) is 10.2 Å². The van der Waals surface area contributed by atoms with Gasteiger partial charge in [-0.25, -0.2) is 9.86 Å². The van der Waals surface area contributed by atoms with Crippen LogP contribution in [0.15, 0.2) is 48.1 Å². The van der Waals surface area contributed by atoms with Gasteiger partial charge in [0.15, 0.2) is 0 Å². The van der Waals surface area contributed by atoms with E-state index < -0.39 is 10.2 Å². The average molecular weight is 357 g/mol. The molecule has 0 radical (unpaired) electrons. The van der Waals surface area contributed by atoms with E-state index in [1.54, 1.807) is 0 Å². The first kappa shape index (κ1) is 25.1. The van der Waals surface area contributed by atoms with Crippen LogP contribution < -0.4 is 9.86 Å². The Labute approximate surface area is 149 Å². The molecule has 1 unspecified atom stereocenters. The summed E-state index contributed by atoms with van der Waals surface area (Å²) in [5, 5.41) is 4.84. The van der Waals surface area contributed by atoms with Gasteiger partial charge in [0.25, 0.3) is 10.2 Å². The quantitative estimate of drug-likeness (QED) is 0.652. The molecule has 0 aromatic carbocycles. The van der Waals surface area contributed by atoms with E-state index in [9.17, 15) is 8.42 Å². The highest BCUT2D eigenvalue weighted by Crippen LogP contribution is 2.27. The molecular formula is C19H36N2O2S. The van der Waals surface area contributed by atoms with Crippen LogP contribution in [0, 0.1) is 5.92 Å². The predicted molar refractivity (Wildman–Crippen MR) is 107 cm³/mol. The molecule has 24 heavy (non-hydrogen) atoms.